The highest BCUT2D eigenvalue weighted by molar-refractivity contribution is 5.67. The zero-order chi connectivity index (χ0) is 18.9. The van der Waals surface area contributed by atoms with Gasteiger partial charge in [-0.05, 0) is 60.6 Å². The Labute approximate surface area is 150 Å². The van der Waals surface area contributed by atoms with Crippen molar-refractivity contribution in [3.8, 4) is 5.75 Å². The molecule has 0 fully saturated rings. The second kappa shape index (κ2) is 6.71. The quantitative estimate of drug-likeness (QED) is 0.871. The third-order valence-corrected chi connectivity index (χ3v) is 3.35. The van der Waals surface area contributed by atoms with Crippen LogP contribution in [0, 0.1) is 0 Å². The predicted octanol–water partition coefficient (Wildman–Crippen LogP) is 3.65. The molecule has 2 rings (SSSR count). The Kier molecular flexibility index (Phi) is 5.19. The standard InChI is InChI=1S/C20H30N2O3/c1-18(2,3)24-14-8-9-21-16(10-14)17-11-15(25-19(4,5)6)12-20(7,13-23)22-17/h8-12,22-23H,13H2,1-7H3. The van der Waals surface area contributed by atoms with E-state index in [9.17, 15) is 5.11 Å². The maximum absolute atomic E-state index is 9.80. The Morgan fingerprint density at radius 2 is 1.76 bits per heavy atom. The van der Waals surface area contributed by atoms with Gasteiger partial charge >= 0.3 is 0 Å². The molecule has 0 aromatic carbocycles. The van der Waals surface area contributed by atoms with Gasteiger partial charge in [0.25, 0.3) is 0 Å². The molecule has 1 aliphatic rings. The summed E-state index contributed by atoms with van der Waals surface area (Å²) in [5.74, 6) is 1.46. The number of hydrogen-bond acceptors (Lipinski definition) is 5. The maximum atomic E-state index is 9.80. The van der Waals surface area contributed by atoms with Crippen LogP contribution in [0.5, 0.6) is 5.75 Å². The van der Waals surface area contributed by atoms with Gasteiger partial charge in [-0.25, -0.2) is 0 Å². The number of nitrogens with one attached hydrogen (secondary N) is 1. The second-order valence-corrected chi connectivity index (χ2v) is 8.61. The van der Waals surface area contributed by atoms with Crippen molar-refractivity contribution in [2.75, 3.05) is 6.61 Å². The first-order chi connectivity index (χ1) is 11.4. The summed E-state index contributed by atoms with van der Waals surface area (Å²) in [6.07, 6.45) is 5.53. The third-order valence-electron chi connectivity index (χ3n) is 3.35. The Hall–Kier alpha value is -2.01. The van der Waals surface area contributed by atoms with E-state index in [2.05, 4.69) is 10.3 Å². The molecule has 5 nitrogen and oxygen atoms in total. The lowest BCUT2D eigenvalue weighted by Gasteiger charge is -2.34. The molecule has 1 unspecified atom stereocenters. The van der Waals surface area contributed by atoms with Crippen LogP contribution in [-0.4, -0.2) is 33.4 Å². The lowest BCUT2D eigenvalue weighted by molar-refractivity contribution is 0.0563. The van der Waals surface area contributed by atoms with Gasteiger partial charge in [-0.1, -0.05) is 0 Å². The number of aliphatic hydroxyl groups is 1. The van der Waals surface area contributed by atoms with Gasteiger partial charge in [0.05, 0.1) is 23.5 Å². The highest BCUT2D eigenvalue weighted by Crippen LogP contribution is 2.29. The van der Waals surface area contributed by atoms with Crippen LogP contribution in [-0.2, 0) is 4.74 Å². The molecule has 25 heavy (non-hydrogen) atoms. The number of pyridine rings is 1. The van der Waals surface area contributed by atoms with Crippen molar-refractivity contribution in [2.24, 2.45) is 0 Å². The Morgan fingerprint density at radius 3 is 2.32 bits per heavy atom. The minimum atomic E-state index is -0.618. The number of ether oxygens (including phenoxy) is 2. The molecule has 1 aliphatic heterocycles. The number of dihydropyridines is 1. The SMILES string of the molecule is CC1(CO)C=C(OC(C)(C)C)C=C(c2cc(OC(C)(C)C)ccn2)N1. The fourth-order valence-corrected chi connectivity index (χ4v) is 2.49. The van der Waals surface area contributed by atoms with Gasteiger partial charge in [-0.2, -0.15) is 0 Å². The predicted molar refractivity (Wildman–Crippen MR) is 100 cm³/mol. The first kappa shape index (κ1) is 19.3. The molecule has 0 aliphatic carbocycles. The topological polar surface area (TPSA) is 63.6 Å². The average molecular weight is 346 g/mol. The van der Waals surface area contributed by atoms with Crippen molar-refractivity contribution >= 4 is 5.70 Å². The summed E-state index contributed by atoms with van der Waals surface area (Å²) in [5.41, 5.74) is 0.300. The van der Waals surface area contributed by atoms with E-state index in [1.54, 1.807) is 6.20 Å². The van der Waals surface area contributed by atoms with Gasteiger partial charge in [0.15, 0.2) is 0 Å². The van der Waals surface area contributed by atoms with Crippen LogP contribution >= 0.6 is 0 Å². The molecule has 0 radical (unpaired) electrons. The third kappa shape index (κ3) is 5.78. The molecule has 0 bridgehead atoms. The summed E-state index contributed by atoms with van der Waals surface area (Å²) >= 11 is 0. The van der Waals surface area contributed by atoms with E-state index in [-0.39, 0.29) is 17.8 Å². The monoisotopic (exact) mass is 346 g/mol. The number of aliphatic hydroxyl groups excluding tert-OH is 1. The molecule has 5 heteroatoms. The first-order valence-corrected chi connectivity index (χ1v) is 8.57. The molecule has 2 heterocycles. The number of rotatable bonds is 4. The second-order valence-electron chi connectivity index (χ2n) is 8.61. The molecule has 0 spiro atoms. The molecule has 0 amide bonds. The fraction of sp³-hybridized carbons (Fsp3) is 0.550. The van der Waals surface area contributed by atoms with Gasteiger partial charge in [-0.15, -0.1) is 0 Å². The van der Waals surface area contributed by atoms with Crippen molar-refractivity contribution < 1.29 is 14.6 Å². The zero-order valence-electron chi connectivity index (χ0n) is 16.3. The van der Waals surface area contributed by atoms with Crippen LogP contribution in [0.15, 0.2) is 36.2 Å². The summed E-state index contributed by atoms with van der Waals surface area (Å²) < 4.78 is 11.9. The summed E-state index contributed by atoms with van der Waals surface area (Å²) in [5, 5.41) is 13.1. The van der Waals surface area contributed by atoms with E-state index < -0.39 is 5.54 Å². The molecule has 1 aromatic heterocycles. The van der Waals surface area contributed by atoms with E-state index in [0.29, 0.717) is 5.76 Å². The smallest absolute Gasteiger partial charge is 0.123 e. The molecule has 1 aromatic rings. The van der Waals surface area contributed by atoms with Crippen molar-refractivity contribution in [3.63, 3.8) is 0 Å². The van der Waals surface area contributed by atoms with Crippen LogP contribution in [0.25, 0.3) is 5.70 Å². The van der Waals surface area contributed by atoms with E-state index >= 15 is 0 Å². The number of aromatic nitrogens is 1. The minimum Gasteiger partial charge on any atom is -0.488 e. The molecule has 0 saturated carbocycles. The van der Waals surface area contributed by atoms with Gasteiger partial charge in [0, 0.05) is 18.3 Å². The van der Waals surface area contributed by atoms with Gasteiger partial charge in [0.1, 0.15) is 22.7 Å². The zero-order valence-corrected chi connectivity index (χ0v) is 16.3. The van der Waals surface area contributed by atoms with E-state index in [0.717, 1.165) is 17.1 Å². The summed E-state index contributed by atoms with van der Waals surface area (Å²) in [6, 6.07) is 3.73. The van der Waals surface area contributed by atoms with Crippen molar-refractivity contribution in [3.05, 3.63) is 41.9 Å². The van der Waals surface area contributed by atoms with Crippen LogP contribution in [0.3, 0.4) is 0 Å². The largest absolute Gasteiger partial charge is 0.488 e. The average Bonchev–Trinajstić information content (AvgIpc) is 2.43. The first-order valence-electron chi connectivity index (χ1n) is 8.57. The van der Waals surface area contributed by atoms with E-state index in [4.69, 9.17) is 9.47 Å². The van der Waals surface area contributed by atoms with Crippen LogP contribution in [0.1, 0.15) is 54.2 Å². The van der Waals surface area contributed by atoms with Crippen LogP contribution < -0.4 is 10.1 Å². The number of allylic oxidation sites excluding steroid dienone is 1. The van der Waals surface area contributed by atoms with Crippen molar-refractivity contribution in [1.82, 2.24) is 10.3 Å². The van der Waals surface area contributed by atoms with Crippen LogP contribution in [0.2, 0.25) is 0 Å². The van der Waals surface area contributed by atoms with E-state index in [1.807, 2.05) is 72.8 Å². The molecular weight excluding hydrogens is 316 g/mol. The molecule has 0 saturated heterocycles. The molecule has 138 valence electrons. The minimum absolute atomic E-state index is 0.0560. The summed E-state index contributed by atoms with van der Waals surface area (Å²) in [7, 11) is 0. The van der Waals surface area contributed by atoms with E-state index in [1.165, 1.54) is 0 Å². The number of hydrogen-bond donors (Lipinski definition) is 2. The van der Waals surface area contributed by atoms with Crippen LogP contribution in [0.4, 0.5) is 0 Å². The molecular formula is C20H30N2O3. The lowest BCUT2D eigenvalue weighted by Crippen LogP contribution is -2.45. The Bertz CT molecular complexity index is 681. The normalized spacial score (nSPS) is 21.1. The summed E-state index contributed by atoms with van der Waals surface area (Å²) in [6.45, 7) is 13.9. The number of nitrogens with zero attached hydrogens (tertiary/aromatic N) is 1. The van der Waals surface area contributed by atoms with Gasteiger partial charge < -0.3 is 19.9 Å². The van der Waals surface area contributed by atoms with Gasteiger partial charge in [0.2, 0.25) is 0 Å². The Balaban J connectivity index is 2.37. The highest BCUT2D eigenvalue weighted by atomic mass is 16.5. The van der Waals surface area contributed by atoms with Gasteiger partial charge in [-0.3, -0.25) is 4.98 Å². The molecule has 1 atom stereocenters. The van der Waals surface area contributed by atoms with Crippen molar-refractivity contribution in [2.45, 2.75) is 65.2 Å². The van der Waals surface area contributed by atoms with Crippen molar-refractivity contribution in [1.29, 1.82) is 0 Å². The molecule has 2 N–H and O–H groups in total. The fourth-order valence-electron chi connectivity index (χ4n) is 2.49. The maximum Gasteiger partial charge on any atom is 0.123 e. The summed E-state index contributed by atoms with van der Waals surface area (Å²) in [4.78, 5) is 4.45. The highest BCUT2D eigenvalue weighted by Gasteiger charge is 2.29. The Morgan fingerprint density at radius 1 is 1.12 bits per heavy atom. The lowest BCUT2D eigenvalue weighted by atomic mass is 9.97.